The van der Waals surface area contributed by atoms with E-state index in [9.17, 15) is 0 Å². The van der Waals surface area contributed by atoms with Crippen LogP contribution in [0.1, 0.15) is 171 Å². The molecule has 0 aliphatic heterocycles. The average Bonchev–Trinajstić information content (AvgIpc) is 2.81. The van der Waals surface area contributed by atoms with Crippen LogP contribution in [0.25, 0.3) is 0 Å². The lowest BCUT2D eigenvalue weighted by molar-refractivity contribution is -0.00491. The molecule has 0 bridgehead atoms. The van der Waals surface area contributed by atoms with Crippen LogP contribution in [0.2, 0.25) is 0 Å². The Morgan fingerprint density at radius 2 is 1.38 bits per heavy atom. The van der Waals surface area contributed by atoms with Gasteiger partial charge in [-0.05, 0) is 111 Å². The fourth-order valence-corrected chi connectivity index (χ4v) is 8.27. The highest BCUT2D eigenvalue weighted by molar-refractivity contribution is 4.97. The van der Waals surface area contributed by atoms with Crippen LogP contribution in [-0.2, 0) is 0 Å². The lowest BCUT2D eigenvalue weighted by Crippen LogP contribution is -2.40. The molecule has 0 aromatic heterocycles. The van der Waals surface area contributed by atoms with Gasteiger partial charge in [0.1, 0.15) is 0 Å². The average molecular weight is 447 g/mol. The summed E-state index contributed by atoms with van der Waals surface area (Å²) in [5.41, 5.74) is 2.57. The van der Waals surface area contributed by atoms with E-state index < -0.39 is 0 Å². The molecule has 0 N–H and O–H groups in total. The molecular formula is C32H62. The van der Waals surface area contributed by atoms with Gasteiger partial charge in [-0.1, -0.05) is 93.9 Å². The van der Waals surface area contributed by atoms with E-state index >= 15 is 0 Å². The van der Waals surface area contributed by atoms with Crippen molar-refractivity contribution >= 4 is 0 Å². The molecule has 32 heavy (non-hydrogen) atoms. The van der Waals surface area contributed by atoms with Gasteiger partial charge in [0.05, 0.1) is 0 Å². The van der Waals surface area contributed by atoms with Gasteiger partial charge in [-0.3, -0.25) is 0 Å². The molecule has 0 amide bonds. The lowest BCUT2D eigenvalue weighted by Gasteiger charge is -2.52. The minimum absolute atomic E-state index is 0.556. The molecule has 0 heteroatoms. The van der Waals surface area contributed by atoms with Crippen LogP contribution >= 0.6 is 0 Å². The topological polar surface area (TPSA) is 0 Å². The standard InChI is InChI=1S/C32H62/c1-9-17-30(8,13-5)28-15-21-32(22-16-28)25-23-31(18-10-2,24-26-32)20-14-19-29(7,12-4)27(6)11-3/h27-28H,9-26H2,1-8H3. The summed E-state index contributed by atoms with van der Waals surface area (Å²) in [6, 6.07) is 0. The van der Waals surface area contributed by atoms with Gasteiger partial charge in [0, 0.05) is 0 Å². The summed E-state index contributed by atoms with van der Waals surface area (Å²) in [5.74, 6) is 1.86. The number of hydrogen-bond acceptors (Lipinski definition) is 0. The summed E-state index contributed by atoms with van der Waals surface area (Å²) in [4.78, 5) is 0. The Kier molecular flexibility index (Phi) is 10.7. The van der Waals surface area contributed by atoms with E-state index in [0.29, 0.717) is 16.2 Å². The first-order chi connectivity index (χ1) is 15.2. The van der Waals surface area contributed by atoms with Crippen molar-refractivity contribution in [3.8, 4) is 0 Å². The first-order valence-corrected chi connectivity index (χ1v) is 15.2. The SMILES string of the molecule is CCCC1(CCCC(C)(CC)C(C)CC)CCC2(CCC(C(C)(CC)CCC)CC2)CC1. The summed E-state index contributed by atoms with van der Waals surface area (Å²) < 4.78 is 0. The lowest BCUT2D eigenvalue weighted by atomic mass is 9.53. The normalized spacial score (nSPS) is 33.6. The maximum absolute atomic E-state index is 2.61. The maximum atomic E-state index is 2.61. The Labute approximate surface area is 204 Å². The van der Waals surface area contributed by atoms with E-state index in [2.05, 4.69) is 55.4 Å². The Morgan fingerprint density at radius 3 is 1.84 bits per heavy atom. The van der Waals surface area contributed by atoms with E-state index in [1.165, 1.54) is 89.9 Å². The fraction of sp³-hybridized carbons (Fsp3) is 1.00. The first kappa shape index (κ1) is 28.2. The summed E-state index contributed by atoms with van der Waals surface area (Å²) in [5, 5.41) is 0. The largest absolute Gasteiger partial charge is 0.0654 e. The van der Waals surface area contributed by atoms with Crippen molar-refractivity contribution < 1.29 is 0 Å². The monoisotopic (exact) mass is 446 g/mol. The predicted octanol–water partition coefficient (Wildman–Crippen LogP) is 11.4. The van der Waals surface area contributed by atoms with Gasteiger partial charge in [-0.15, -0.1) is 0 Å². The van der Waals surface area contributed by atoms with Crippen molar-refractivity contribution in [2.75, 3.05) is 0 Å². The molecule has 2 aliphatic carbocycles. The van der Waals surface area contributed by atoms with Gasteiger partial charge in [0.2, 0.25) is 0 Å². The van der Waals surface area contributed by atoms with Crippen molar-refractivity contribution in [2.45, 2.75) is 171 Å². The van der Waals surface area contributed by atoms with E-state index in [-0.39, 0.29) is 0 Å². The predicted molar refractivity (Wildman–Crippen MR) is 145 cm³/mol. The maximum Gasteiger partial charge on any atom is -0.0297 e. The molecule has 2 rings (SSSR count). The Bertz CT molecular complexity index is 514. The number of rotatable bonds is 13. The zero-order valence-corrected chi connectivity index (χ0v) is 23.9. The number of hydrogen-bond donors (Lipinski definition) is 0. The van der Waals surface area contributed by atoms with Crippen molar-refractivity contribution in [1.82, 2.24) is 0 Å². The molecule has 0 heterocycles. The highest BCUT2D eigenvalue weighted by atomic mass is 14.5. The Hall–Kier alpha value is 0. The van der Waals surface area contributed by atoms with Crippen molar-refractivity contribution in [1.29, 1.82) is 0 Å². The molecule has 0 aromatic rings. The third-order valence-corrected chi connectivity index (χ3v) is 11.9. The quantitative estimate of drug-likeness (QED) is 0.264. The van der Waals surface area contributed by atoms with Gasteiger partial charge in [-0.25, -0.2) is 0 Å². The van der Waals surface area contributed by atoms with Crippen LogP contribution in [0.4, 0.5) is 0 Å². The highest BCUT2D eigenvalue weighted by Crippen LogP contribution is 2.58. The molecule has 1 spiro atoms. The second kappa shape index (κ2) is 12.1. The fourth-order valence-electron chi connectivity index (χ4n) is 8.27. The molecule has 0 aromatic carbocycles. The van der Waals surface area contributed by atoms with E-state index in [1.807, 2.05) is 0 Å². The molecule has 2 aliphatic rings. The van der Waals surface area contributed by atoms with Crippen LogP contribution in [0.3, 0.4) is 0 Å². The third-order valence-electron chi connectivity index (χ3n) is 11.9. The van der Waals surface area contributed by atoms with E-state index in [0.717, 1.165) is 17.3 Å². The molecule has 2 fully saturated rings. The third kappa shape index (κ3) is 6.56. The van der Waals surface area contributed by atoms with Gasteiger partial charge in [0.15, 0.2) is 0 Å². The Morgan fingerprint density at radius 1 is 0.750 bits per heavy atom. The minimum atomic E-state index is 0.556. The molecular weight excluding hydrogens is 384 g/mol. The van der Waals surface area contributed by atoms with Crippen LogP contribution in [0.5, 0.6) is 0 Å². The highest BCUT2D eigenvalue weighted by Gasteiger charge is 2.46. The molecule has 0 radical (unpaired) electrons. The van der Waals surface area contributed by atoms with Crippen LogP contribution in [0.15, 0.2) is 0 Å². The molecule has 190 valence electrons. The van der Waals surface area contributed by atoms with Crippen LogP contribution < -0.4 is 0 Å². The Balaban J connectivity index is 1.93. The minimum Gasteiger partial charge on any atom is -0.0654 e. The summed E-state index contributed by atoms with van der Waals surface area (Å²) in [6.07, 6.45) is 26.5. The summed E-state index contributed by atoms with van der Waals surface area (Å²) in [6.45, 7) is 19.8. The van der Waals surface area contributed by atoms with Crippen LogP contribution in [-0.4, -0.2) is 0 Å². The molecule has 3 atom stereocenters. The van der Waals surface area contributed by atoms with Gasteiger partial charge < -0.3 is 0 Å². The molecule has 0 saturated heterocycles. The van der Waals surface area contributed by atoms with Gasteiger partial charge in [0.25, 0.3) is 0 Å². The second-order valence-corrected chi connectivity index (χ2v) is 13.5. The smallest absolute Gasteiger partial charge is 0.0297 e. The van der Waals surface area contributed by atoms with Crippen LogP contribution in [0, 0.1) is 33.5 Å². The van der Waals surface area contributed by atoms with Gasteiger partial charge >= 0.3 is 0 Å². The van der Waals surface area contributed by atoms with Crippen molar-refractivity contribution in [2.24, 2.45) is 33.5 Å². The van der Waals surface area contributed by atoms with Gasteiger partial charge in [-0.2, -0.15) is 0 Å². The molecule has 2 saturated carbocycles. The molecule has 3 unspecified atom stereocenters. The zero-order chi connectivity index (χ0) is 23.9. The molecule has 0 nitrogen and oxygen atoms in total. The summed E-state index contributed by atoms with van der Waals surface area (Å²) >= 11 is 0. The van der Waals surface area contributed by atoms with Crippen molar-refractivity contribution in [3.05, 3.63) is 0 Å². The zero-order valence-electron chi connectivity index (χ0n) is 23.9. The van der Waals surface area contributed by atoms with Crippen molar-refractivity contribution in [3.63, 3.8) is 0 Å². The van der Waals surface area contributed by atoms with E-state index in [4.69, 9.17) is 0 Å². The van der Waals surface area contributed by atoms with E-state index in [1.54, 1.807) is 25.7 Å². The second-order valence-electron chi connectivity index (χ2n) is 13.5. The first-order valence-electron chi connectivity index (χ1n) is 15.2. The summed E-state index contributed by atoms with van der Waals surface area (Å²) in [7, 11) is 0.